The number of hydrogen-bond donors (Lipinski definition) is 3. The molecule has 0 saturated heterocycles. The zero-order valence-corrected chi connectivity index (χ0v) is 18.2. The maximum absolute atomic E-state index is 11.5. The van der Waals surface area contributed by atoms with E-state index in [0.717, 1.165) is 16.9 Å². The Balaban J connectivity index is 2.67. The number of sulfonamides is 1. The summed E-state index contributed by atoms with van der Waals surface area (Å²) in [6, 6.07) is 6.03. The summed E-state index contributed by atoms with van der Waals surface area (Å²) in [4.78, 5) is 4.58. The molecule has 0 aliphatic rings. The summed E-state index contributed by atoms with van der Waals surface area (Å²) in [6.45, 7) is 11.2. The lowest BCUT2D eigenvalue weighted by atomic mass is 10.1. The summed E-state index contributed by atoms with van der Waals surface area (Å²) in [6.07, 6.45) is 0. The third-order valence-electron chi connectivity index (χ3n) is 3.78. The maximum atomic E-state index is 11.5. The van der Waals surface area contributed by atoms with Gasteiger partial charge in [0.15, 0.2) is 5.96 Å². The normalized spacial score (nSPS) is 12.1. The van der Waals surface area contributed by atoms with Gasteiger partial charge >= 0.3 is 0 Å². The summed E-state index contributed by atoms with van der Waals surface area (Å²) in [5.41, 5.74) is 2.10. The third kappa shape index (κ3) is 9.91. The molecule has 3 N–H and O–H groups in total. The molecule has 0 spiro atoms. The number of guanidine groups is 1. The van der Waals surface area contributed by atoms with Crippen LogP contribution in [0.1, 0.15) is 31.9 Å². The van der Waals surface area contributed by atoms with E-state index >= 15 is 0 Å². The Labute approximate surface area is 169 Å². The van der Waals surface area contributed by atoms with E-state index in [4.69, 9.17) is 9.47 Å². The molecule has 0 aromatic heterocycles. The Morgan fingerprint density at radius 3 is 2.57 bits per heavy atom. The zero-order valence-electron chi connectivity index (χ0n) is 17.4. The Morgan fingerprint density at radius 1 is 1.11 bits per heavy atom. The van der Waals surface area contributed by atoms with E-state index in [9.17, 15) is 8.42 Å². The number of hydrogen-bond acceptors (Lipinski definition) is 5. The molecular weight excluding hydrogens is 380 g/mol. The van der Waals surface area contributed by atoms with Crippen LogP contribution >= 0.6 is 0 Å². The van der Waals surface area contributed by atoms with E-state index < -0.39 is 10.0 Å². The van der Waals surface area contributed by atoms with Crippen LogP contribution in [0.15, 0.2) is 23.2 Å². The molecule has 0 saturated carbocycles. The van der Waals surface area contributed by atoms with Crippen molar-refractivity contribution in [2.24, 2.45) is 4.99 Å². The van der Waals surface area contributed by atoms with Gasteiger partial charge in [-0.3, -0.25) is 0 Å². The lowest BCUT2D eigenvalue weighted by Crippen LogP contribution is -2.41. The van der Waals surface area contributed by atoms with E-state index in [0.29, 0.717) is 52.0 Å². The molecule has 0 radical (unpaired) electrons. The van der Waals surface area contributed by atoms with Gasteiger partial charge in [0.05, 0.1) is 18.9 Å². The van der Waals surface area contributed by atoms with Gasteiger partial charge in [0, 0.05) is 31.8 Å². The van der Waals surface area contributed by atoms with Crippen LogP contribution in [0.25, 0.3) is 0 Å². The van der Waals surface area contributed by atoms with E-state index in [-0.39, 0.29) is 5.75 Å². The van der Waals surface area contributed by atoms with Crippen LogP contribution in [0, 0.1) is 6.92 Å². The third-order valence-corrected chi connectivity index (χ3v) is 5.19. The molecule has 8 nitrogen and oxygen atoms in total. The SMILES string of the molecule is CCNC(=NCc1ccc(C)cc1OCCOCC)NCCNS(=O)(=O)CC. The largest absolute Gasteiger partial charge is 0.491 e. The molecule has 0 aliphatic heterocycles. The van der Waals surface area contributed by atoms with Crippen molar-refractivity contribution in [2.75, 3.05) is 45.2 Å². The number of ether oxygens (including phenoxy) is 2. The molecule has 0 fully saturated rings. The van der Waals surface area contributed by atoms with Crippen LogP contribution in [0.4, 0.5) is 0 Å². The highest BCUT2D eigenvalue weighted by molar-refractivity contribution is 7.89. The molecule has 160 valence electrons. The number of aliphatic imine (C=N–C) groups is 1. The molecule has 0 unspecified atom stereocenters. The minimum atomic E-state index is -3.18. The first-order valence-electron chi connectivity index (χ1n) is 9.71. The van der Waals surface area contributed by atoms with Crippen molar-refractivity contribution in [3.8, 4) is 5.75 Å². The highest BCUT2D eigenvalue weighted by Crippen LogP contribution is 2.21. The number of rotatable bonds is 13. The van der Waals surface area contributed by atoms with Crippen LogP contribution in [0.2, 0.25) is 0 Å². The van der Waals surface area contributed by atoms with Crippen molar-refractivity contribution in [3.63, 3.8) is 0 Å². The Kier molecular flexibility index (Phi) is 11.5. The van der Waals surface area contributed by atoms with Gasteiger partial charge in [0.1, 0.15) is 12.4 Å². The first-order valence-corrected chi connectivity index (χ1v) is 11.4. The summed E-state index contributed by atoms with van der Waals surface area (Å²) >= 11 is 0. The van der Waals surface area contributed by atoms with Crippen molar-refractivity contribution in [1.29, 1.82) is 0 Å². The predicted octanol–water partition coefficient (Wildman–Crippen LogP) is 1.40. The lowest BCUT2D eigenvalue weighted by molar-refractivity contribution is 0.110. The molecule has 9 heteroatoms. The summed E-state index contributed by atoms with van der Waals surface area (Å²) in [7, 11) is -3.18. The van der Waals surface area contributed by atoms with Crippen LogP contribution in [-0.2, 0) is 21.3 Å². The number of nitrogens with zero attached hydrogens (tertiary/aromatic N) is 1. The Bertz CT molecular complexity index is 708. The molecule has 0 atom stereocenters. The topological polar surface area (TPSA) is 101 Å². The molecule has 1 aromatic carbocycles. The fourth-order valence-corrected chi connectivity index (χ4v) is 2.89. The molecule has 0 aliphatic carbocycles. The second-order valence-corrected chi connectivity index (χ2v) is 8.17. The fourth-order valence-electron chi connectivity index (χ4n) is 2.28. The monoisotopic (exact) mass is 414 g/mol. The van der Waals surface area contributed by atoms with E-state index in [2.05, 4.69) is 20.3 Å². The van der Waals surface area contributed by atoms with Gasteiger partial charge in [0.2, 0.25) is 10.0 Å². The van der Waals surface area contributed by atoms with Gasteiger partial charge in [-0.15, -0.1) is 0 Å². The average Bonchev–Trinajstić information content (AvgIpc) is 2.67. The summed E-state index contributed by atoms with van der Waals surface area (Å²) in [5, 5.41) is 6.29. The van der Waals surface area contributed by atoms with Gasteiger partial charge in [-0.05, 0) is 39.3 Å². The molecular formula is C19H34N4O4S. The second kappa shape index (κ2) is 13.4. The van der Waals surface area contributed by atoms with E-state index in [1.54, 1.807) is 6.92 Å². The number of aryl methyl sites for hydroxylation is 1. The molecule has 1 rings (SSSR count). The fraction of sp³-hybridized carbons (Fsp3) is 0.632. The van der Waals surface area contributed by atoms with Crippen molar-refractivity contribution in [1.82, 2.24) is 15.4 Å². The van der Waals surface area contributed by atoms with Crippen molar-refractivity contribution >= 4 is 16.0 Å². The van der Waals surface area contributed by atoms with Gasteiger partial charge < -0.3 is 20.1 Å². The lowest BCUT2D eigenvalue weighted by Gasteiger charge is -2.14. The molecule has 28 heavy (non-hydrogen) atoms. The van der Waals surface area contributed by atoms with Crippen LogP contribution in [0.3, 0.4) is 0 Å². The molecule has 0 heterocycles. The molecule has 1 aromatic rings. The van der Waals surface area contributed by atoms with E-state index in [1.807, 2.05) is 39.0 Å². The zero-order chi connectivity index (χ0) is 20.8. The first-order chi connectivity index (χ1) is 13.4. The standard InChI is InChI=1S/C19H34N4O4S/c1-5-20-19(21-10-11-23-28(24,25)7-3)22-15-17-9-8-16(4)14-18(17)27-13-12-26-6-2/h8-9,14,23H,5-7,10-13,15H2,1-4H3,(H2,20,21,22). The van der Waals surface area contributed by atoms with Crippen molar-refractivity contribution < 1.29 is 17.9 Å². The van der Waals surface area contributed by atoms with E-state index in [1.165, 1.54) is 0 Å². The molecule has 0 amide bonds. The Morgan fingerprint density at radius 2 is 1.89 bits per heavy atom. The smallest absolute Gasteiger partial charge is 0.211 e. The maximum Gasteiger partial charge on any atom is 0.211 e. The van der Waals surface area contributed by atoms with Crippen molar-refractivity contribution in [3.05, 3.63) is 29.3 Å². The quantitative estimate of drug-likeness (QED) is 0.256. The highest BCUT2D eigenvalue weighted by Gasteiger charge is 2.07. The number of nitrogens with one attached hydrogen (secondary N) is 3. The van der Waals surface area contributed by atoms with Crippen molar-refractivity contribution in [2.45, 2.75) is 34.2 Å². The predicted molar refractivity (Wildman–Crippen MR) is 113 cm³/mol. The molecule has 0 bridgehead atoms. The summed E-state index contributed by atoms with van der Waals surface area (Å²) < 4.78 is 36.6. The second-order valence-electron chi connectivity index (χ2n) is 6.08. The summed E-state index contributed by atoms with van der Waals surface area (Å²) in [5.74, 6) is 1.50. The number of benzene rings is 1. The van der Waals surface area contributed by atoms with Gasteiger partial charge in [-0.1, -0.05) is 12.1 Å². The average molecular weight is 415 g/mol. The minimum absolute atomic E-state index is 0.0701. The van der Waals surface area contributed by atoms with Crippen LogP contribution in [-0.4, -0.2) is 59.6 Å². The van der Waals surface area contributed by atoms with Crippen LogP contribution < -0.4 is 20.1 Å². The minimum Gasteiger partial charge on any atom is -0.491 e. The van der Waals surface area contributed by atoms with Crippen LogP contribution in [0.5, 0.6) is 5.75 Å². The van der Waals surface area contributed by atoms with Gasteiger partial charge in [-0.25, -0.2) is 18.1 Å². The van der Waals surface area contributed by atoms with Gasteiger partial charge in [0.25, 0.3) is 0 Å². The highest BCUT2D eigenvalue weighted by atomic mass is 32.2. The van der Waals surface area contributed by atoms with Gasteiger partial charge in [-0.2, -0.15) is 0 Å². The first kappa shape index (κ1) is 24.2. The Hall–Kier alpha value is -1.84.